The highest BCUT2D eigenvalue weighted by Gasteiger charge is 2.14. The maximum absolute atomic E-state index is 8.82. The summed E-state index contributed by atoms with van der Waals surface area (Å²) in [5, 5.41) is 17.6. The van der Waals surface area contributed by atoms with Crippen molar-refractivity contribution in [2.75, 3.05) is 0 Å². The third kappa shape index (κ3) is 7.92. The van der Waals surface area contributed by atoms with Gasteiger partial charge in [0, 0.05) is 6.42 Å². The smallest absolute Gasteiger partial charge is 0.159 e. The van der Waals surface area contributed by atoms with E-state index in [-0.39, 0.29) is 0 Å². The largest absolute Gasteiger partial charge is 0.366 e. The van der Waals surface area contributed by atoms with Crippen LogP contribution in [0.3, 0.4) is 0 Å². The molecule has 0 fully saturated rings. The van der Waals surface area contributed by atoms with Gasteiger partial charge < -0.3 is 10.2 Å². The van der Waals surface area contributed by atoms with Crippen molar-refractivity contribution in [2.45, 2.75) is 39.4 Å². The van der Waals surface area contributed by atoms with E-state index in [4.69, 9.17) is 10.2 Å². The minimum atomic E-state index is -1.47. The summed E-state index contributed by atoms with van der Waals surface area (Å²) in [6.07, 6.45) is 1.33. The van der Waals surface area contributed by atoms with Gasteiger partial charge in [-0.15, -0.1) is 0 Å². The topological polar surface area (TPSA) is 40.5 Å². The van der Waals surface area contributed by atoms with Gasteiger partial charge in [0.15, 0.2) is 5.79 Å². The molecule has 0 aromatic heterocycles. The second-order valence-corrected chi connectivity index (χ2v) is 3.15. The van der Waals surface area contributed by atoms with Crippen LogP contribution in [-0.2, 0) is 0 Å². The third-order valence-electron chi connectivity index (χ3n) is 1.20. The van der Waals surface area contributed by atoms with E-state index in [9.17, 15) is 0 Å². The molecule has 0 saturated carbocycles. The van der Waals surface area contributed by atoms with Crippen LogP contribution in [0.25, 0.3) is 0 Å². The molecule has 0 radical (unpaired) electrons. The maximum atomic E-state index is 8.82. The summed E-state index contributed by atoms with van der Waals surface area (Å²) in [7, 11) is 0. The summed E-state index contributed by atoms with van der Waals surface area (Å²) >= 11 is 0. The summed E-state index contributed by atoms with van der Waals surface area (Å²) in [6.45, 7) is 5.53. The fourth-order valence-electron chi connectivity index (χ4n) is 0.562. The van der Waals surface area contributed by atoms with Crippen LogP contribution in [0.15, 0.2) is 0 Å². The Morgan fingerprint density at radius 2 is 1.78 bits per heavy atom. The van der Waals surface area contributed by atoms with Crippen molar-refractivity contribution in [1.29, 1.82) is 0 Å². The quantitative estimate of drug-likeness (QED) is 0.565. The van der Waals surface area contributed by atoms with E-state index in [0.29, 0.717) is 12.3 Å². The zero-order valence-electron chi connectivity index (χ0n) is 6.39. The average molecular weight is 132 g/mol. The van der Waals surface area contributed by atoms with Crippen LogP contribution in [-0.4, -0.2) is 16.0 Å². The molecule has 0 bridgehead atoms. The van der Waals surface area contributed by atoms with E-state index in [1.165, 1.54) is 6.92 Å². The van der Waals surface area contributed by atoms with Gasteiger partial charge in [0.25, 0.3) is 0 Å². The van der Waals surface area contributed by atoms with Crippen molar-refractivity contribution in [1.82, 2.24) is 0 Å². The maximum Gasteiger partial charge on any atom is 0.159 e. The van der Waals surface area contributed by atoms with E-state index in [1.807, 2.05) is 0 Å². The van der Waals surface area contributed by atoms with Gasteiger partial charge in [0.2, 0.25) is 0 Å². The van der Waals surface area contributed by atoms with Gasteiger partial charge in [-0.05, 0) is 19.3 Å². The Kier molecular flexibility index (Phi) is 3.15. The van der Waals surface area contributed by atoms with E-state index < -0.39 is 5.79 Å². The van der Waals surface area contributed by atoms with E-state index in [1.54, 1.807) is 0 Å². The zero-order valence-corrected chi connectivity index (χ0v) is 6.39. The van der Waals surface area contributed by atoms with Crippen molar-refractivity contribution in [3.63, 3.8) is 0 Å². The van der Waals surface area contributed by atoms with Gasteiger partial charge in [0.05, 0.1) is 0 Å². The van der Waals surface area contributed by atoms with Crippen LogP contribution in [0, 0.1) is 5.92 Å². The predicted octanol–water partition coefficient (Wildman–Crippen LogP) is 1.12. The van der Waals surface area contributed by atoms with Crippen LogP contribution in [0.1, 0.15) is 33.6 Å². The number of aliphatic hydroxyl groups is 2. The van der Waals surface area contributed by atoms with Gasteiger partial charge in [-0.25, -0.2) is 0 Å². The molecular weight excluding hydrogens is 116 g/mol. The van der Waals surface area contributed by atoms with Gasteiger partial charge in [-0.2, -0.15) is 0 Å². The molecule has 0 heterocycles. The van der Waals surface area contributed by atoms with Crippen LogP contribution >= 0.6 is 0 Å². The molecule has 0 atom stereocenters. The van der Waals surface area contributed by atoms with Gasteiger partial charge in [-0.1, -0.05) is 13.8 Å². The highest BCUT2D eigenvalue weighted by molar-refractivity contribution is 4.57. The van der Waals surface area contributed by atoms with Gasteiger partial charge in [0.1, 0.15) is 0 Å². The van der Waals surface area contributed by atoms with E-state index in [0.717, 1.165) is 6.42 Å². The molecular formula is C7H16O2. The average Bonchev–Trinajstić information content (AvgIpc) is 1.59. The Hall–Kier alpha value is -0.0800. The van der Waals surface area contributed by atoms with Crippen LogP contribution in [0.2, 0.25) is 0 Å². The van der Waals surface area contributed by atoms with Crippen LogP contribution in [0.4, 0.5) is 0 Å². The molecule has 0 aromatic carbocycles. The first kappa shape index (κ1) is 8.92. The normalized spacial score (nSPS) is 12.7. The monoisotopic (exact) mass is 132 g/mol. The Balaban J connectivity index is 3.28. The van der Waals surface area contributed by atoms with Crippen molar-refractivity contribution < 1.29 is 10.2 Å². The second kappa shape index (κ2) is 3.18. The molecule has 0 spiro atoms. The Morgan fingerprint density at radius 3 is 1.89 bits per heavy atom. The first-order valence-electron chi connectivity index (χ1n) is 3.36. The highest BCUT2D eigenvalue weighted by atomic mass is 16.5. The summed E-state index contributed by atoms with van der Waals surface area (Å²) in [5.41, 5.74) is 0. The summed E-state index contributed by atoms with van der Waals surface area (Å²) < 4.78 is 0. The molecule has 9 heavy (non-hydrogen) atoms. The lowest BCUT2D eigenvalue weighted by molar-refractivity contribution is -0.151. The third-order valence-corrected chi connectivity index (χ3v) is 1.20. The SMILES string of the molecule is CC(C)CCC(C)(O)O. The van der Waals surface area contributed by atoms with Crippen molar-refractivity contribution in [2.24, 2.45) is 5.92 Å². The molecule has 0 aliphatic rings. The first-order valence-corrected chi connectivity index (χ1v) is 3.36. The van der Waals surface area contributed by atoms with Crippen molar-refractivity contribution in [3.05, 3.63) is 0 Å². The number of hydrogen-bond donors (Lipinski definition) is 2. The minimum absolute atomic E-state index is 0.463. The lowest BCUT2D eigenvalue weighted by atomic mass is 10.0. The number of hydrogen-bond acceptors (Lipinski definition) is 2. The summed E-state index contributed by atoms with van der Waals surface area (Å²) in [4.78, 5) is 0. The summed E-state index contributed by atoms with van der Waals surface area (Å²) in [6, 6.07) is 0. The lowest BCUT2D eigenvalue weighted by Crippen LogP contribution is -2.23. The van der Waals surface area contributed by atoms with E-state index in [2.05, 4.69) is 13.8 Å². The molecule has 0 amide bonds. The Morgan fingerprint density at radius 1 is 1.33 bits per heavy atom. The molecule has 0 unspecified atom stereocenters. The predicted molar refractivity (Wildman–Crippen MR) is 36.9 cm³/mol. The van der Waals surface area contributed by atoms with Crippen LogP contribution in [0.5, 0.6) is 0 Å². The Labute approximate surface area is 56.5 Å². The molecule has 2 nitrogen and oxygen atoms in total. The van der Waals surface area contributed by atoms with Gasteiger partial charge >= 0.3 is 0 Å². The summed E-state index contributed by atoms with van der Waals surface area (Å²) in [5.74, 6) is -0.923. The standard InChI is InChI=1S/C7H16O2/c1-6(2)4-5-7(3,8)9/h6,8-9H,4-5H2,1-3H3. The lowest BCUT2D eigenvalue weighted by Gasteiger charge is -2.16. The molecule has 0 aliphatic heterocycles. The molecule has 0 aliphatic carbocycles. The molecule has 56 valence electrons. The van der Waals surface area contributed by atoms with Crippen molar-refractivity contribution >= 4 is 0 Å². The van der Waals surface area contributed by atoms with E-state index >= 15 is 0 Å². The zero-order chi connectivity index (χ0) is 7.49. The van der Waals surface area contributed by atoms with Crippen LogP contribution < -0.4 is 0 Å². The van der Waals surface area contributed by atoms with Crippen molar-refractivity contribution in [3.8, 4) is 0 Å². The molecule has 2 N–H and O–H groups in total. The first-order chi connectivity index (χ1) is 3.92. The molecule has 0 saturated heterocycles. The minimum Gasteiger partial charge on any atom is -0.366 e. The Bertz CT molecular complexity index is 71.5. The molecule has 0 rings (SSSR count). The fourth-order valence-corrected chi connectivity index (χ4v) is 0.562. The number of rotatable bonds is 3. The molecule has 2 heteroatoms. The second-order valence-electron chi connectivity index (χ2n) is 3.15. The highest BCUT2D eigenvalue weighted by Crippen LogP contribution is 2.12. The fraction of sp³-hybridized carbons (Fsp3) is 1.00. The molecule has 0 aromatic rings. The van der Waals surface area contributed by atoms with Gasteiger partial charge in [-0.3, -0.25) is 0 Å².